The molecule has 0 aliphatic carbocycles. The van der Waals surface area contributed by atoms with E-state index in [9.17, 15) is 4.79 Å². The van der Waals surface area contributed by atoms with E-state index in [1.165, 1.54) is 11.3 Å². The molecule has 0 saturated carbocycles. The summed E-state index contributed by atoms with van der Waals surface area (Å²) >= 11 is 7.46. The van der Waals surface area contributed by atoms with Gasteiger partial charge in [0.1, 0.15) is 5.01 Å². The summed E-state index contributed by atoms with van der Waals surface area (Å²) in [7, 11) is 0. The van der Waals surface area contributed by atoms with Gasteiger partial charge < -0.3 is 9.47 Å². The molecule has 6 heteroatoms. The Kier molecular flexibility index (Phi) is 4.47. The first-order valence-electron chi connectivity index (χ1n) is 7.12. The molecule has 22 heavy (non-hydrogen) atoms. The quantitative estimate of drug-likeness (QED) is 0.798. The van der Waals surface area contributed by atoms with Crippen LogP contribution in [0.2, 0.25) is 5.02 Å². The van der Waals surface area contributed by atoms with Gasteiger partial charge in [0.05, 0.1) is 18.6 Å². The lowest BCUT2D eigenvalue weighted by Crippen LogP contribution is -2.28. The molecule has 1 fully saturated rings. The van der Waals surface area contributed by atoms with Crippen molar-refractivity contribution < 1.29 is 14.3 Å². The minimum atomic E-state index is -0.379. The molecule has 1 aliphatic heterocycles. The highest BCUT2D eigenvalue weighted by atomic mass is 35.5. The van der Waals surface area contributed by atoms with Crippen LogP contribution in [0.5, 0.6) is 0 Å². The number of ether oxygens (including phenoxy) is 2. The lowest BCUT2D eigenvalue weighted by atomic mass is 9.80. The van der Waals surface area contributed by atoms with E-state index in [0.29, 0.717) is 30.5 Å². The molecule has 1 aliphatic rings. The average molecular weight is 338 g/mol. The van der Waals surface area contributed by atoms with E-state index < -0.39 is 0 Å². The number of aromatic nitrogens is 1. The maximum absolute atomic E-state index is 11.8. The van der Waals surface area contributed by atoms with E-state index in [1.807, 2.05) is 24.3 Å². The number of carbonyl (C=O) groups excluding carboxylic acids is 1. The number of esters is 1. The number of hydrogen-bond acceptors (Lipinski definition) is 5. The van der Waals surface area contributed by atoms with E-state index in [4.69, 9.17) is 21.1 Å². The van der Waals surface area contributed by atoms with Gasteiger partial charge in [-0.2, -0.15) is 0 Å². The van der Waals surface area contributed by atoms with E-state index in [-0.39, 0.29) is 11.4 Å². The average Bonchev–Trinajstić information content (AvgIpc) is 3.18. The van der Waals surface area contributed by atoms with Crippen molar-refractivity contribution in [3.05, 3.63) is 50.9 Å². The molecule has 1 aromatic carbocycles. The number of rotatable bonds is 4. The molecule has 0 amide bonds. The Morgan fingerprint density at radius 2 is 2.23 bits per heavy atom. The Morgan fingerprint density at radius 1 is 1.45 bits per heavy atom. The van der Waals surface area contributed by atoms with Crippen molar-refractivity contribution in [2.45, 2.75) is 18.8 Å². The lowest BCUT2D eigenvalue weighted by molar-refractivity contribution is 0.0520. The third-order valence-electron chi connectivity index (χ3n) is 3.82. The van der Waals surface area contributed by atoms with Crippen LogP contribution in [0.1, 0.15) is 34.4 Å². The van der Waals surface area contributed by atoms with Crippen LogP contribution in [0.4, 0.5) is 0 Å². The molecule has 2 aromatic rings. The molecule has 0 bridgehead atoms. The topological polar surface area (TPSA) is 48.4 Å². The van der Waals surface area contributed by atoms with Crippen LogP contribution in [-0.4, -0.2) is 30.8 Å². The highest BCUT2D eigenvalue weighted by Crippen LogP contribution is 2.41. The fourth-order valence-electron chi connectivity index (χ4n) is 2.65. The highest BCUT2D eigenvalue weighted by molar-refractivity contribution is 7.10. The second kappa shape index (κ2) is 6.36. The maximum atomic E-state index is 11.8. The fourth-order valence-corrected chi connectivity index (χ4v) is 3.80. The van der Waals surface area contributed by atoms with Crippen LogP contribution >= 0.6 is 22.9 Å². The van der Waals surface area contributed by atoms with Crippen LogP contribution in [0.25, 0.3) is 0 Å². The second-order valence-electron chi connectivity index (χ2n) is 5.15. The number of hydrogen-bond donors (Lipinski definition) is 0. The molecule has 2 heterocycles. The van der Waals surface area contributed by atoms with Gasteiger partial charge in [-0.15, -0.1) is 11.3 Å². The van der Waals surface area contributed by atoms with E-state index in [1.54, 1.807) is 12.3 Å². The third-order valence-corrected chi connectivity index (χ3v) is 5.11. The van der Waals surface area contributed by atoms with Crippen LogP contribution in [0.3, 0.4) is 0 Å². The van der Waals surface area contributed by atoms with E-state index in [2.05, 4.69) is 4.98 Å². The predicted molar refractivity (Wildman–Crippen MR) is 85.7 cm³/mol. The number of halogens is 1. The van der Waals surface area contributed by atoms with Gasteiger partial charge >= 0.3 is 5.97 Å². The number of benzene rings is 1. The summed E-state index contributed by atoms with van der Waals surface area (Å²) in [6.07, 6.45) is 0.838. The van der Waals surface area contributed by atoms with Gasteiger partial charge in [-0.3, -0.25) is 0 Å². The van der Waals surface area contributed by atoms with E-state index in [0.717, 1.165) is 17.0 Å². The SMILES string of the molecule is CCOC(=O)c1csc(C2(c3ccc(Cl)cc3)CCOC2)n1. The molecule has 3 rings (SSSR count). The van der Waals surface area contributed by atoms with Crippen LogP contribution < -0.4 is 0 Å². The first kappa shape index (κ1) is 15.5. The van der Waals surface area contributed by atoms with Gasteiger partial charge in [-0.1, -0.05) is 23.7 Å². The first-order valence-corrected chi connectivity index (χ1v) is 8.38. The van der Waals surface area contributed by atoms with Crippen molar-refractivity contribution in [2.75, 3.05) is 19.8 Å². The van der Waals surface area contributed by atoms with Crippen molar-refractivity contribution >= 4 is 28.9 Å². The van der Waals surface area contributed by atoms with Crippen LogP contribution in [0, 0.1) is 0 Å². The van der Waals surface area contributed by atoms with Crippen molar-refractivity contribution in [3.63, 3.8) is 0 Å². The normalized spacial score (nSPS) is 21.0. The summed E-state index contributed by atoms with van der Waals surface area (Å²) in [5.41, 5.74) is 1.17. The van der Waals surface area contributed by atoms with Crippen molar-refractivity contribution in [2.24, 2.45) is 0 Å². The smallest absolute Gasteiger partial charge is 0.357 e. The van der Waals surface area contributed by atoms with Gasteiger partial charge in [-0.25, -0.2) is 9.78 Å². The Bertz CT molecular complexity index is 662. The largest absolute Gasteiger partial charge is 0.461 e. The van der Waals surface area contributed by atoms with Crippen LogP contribution in [-0.2, 0) is 14.9 Å². The fraction of sp³-hybridized carbons (Fsp3) is 0.375. The third kappa shape index (κ3) is 2.76. The van der Waals surface area contributed by atoms with Crippen LogP contribution in [0.15, 0.2) is 29.6 Å². The minimum Gasteiger partial charge on any atom is -0.461 e. The standard InChI is InChI=1S/C16H16ClNO3S/c1-2-21-14(19)13-9-22-15(18-13)16(7-8-20-10-16)11-3-5-12(17)6-4-11/h3-6,9H,2,7-8,10H2,1H3. The summed E-state index contributed by atoms with van der Waals surface area (Å²) in [6, 6.07) is 7.75. The molecule has 0 N–H and O–H groups in total. The first-order chi connectivity index (χ1) is 10.7. The lowest BCUT2D eigenvalue weighted by Gasteiger charge is -2.25. The number of carbonyl (C=O) groups is 1. The zero-order valence-corrected chi connectivity index (χ0v) is 13.7. The summed E-state index contributed by atoms with van der Waals surface area (Å²) in [5.74, 6) is -0.379. The molecule has 0 spiro atoms. The van der Waals surface area contributed by atoms with Crippen molar-refractivity contribution in [3.8, 4) is 0 Å². The Hall–Kier alpha value is -1.43. The van der Waals surface area contributed by atoms with E-state index >= 15 is 0 Å². The highest BCUT2D eigenvalue weighted by Gasteiger charge is 2.41. The van der Waals surface area contributed by atoms with Gasteiger partial charge in [0.15, 0.2) is 5.69 Å². The molecular formula is C16H16ClNO3S. The molecular weight excluding hydrogens is 322 g/mol. The number of nitrogens with zero attached hydrogens (tertiary/aromatic N) is 1. The molecule has 1 atom stereocenters. The zero-order chi connectivity index (χ0) is 15.6. The maximum Gasteiger partial charge on any atom is 0.357 e. The summed E-state index contributed by atoms with van der Waals surface area (Å²) in [6.45, 7) is 3.36. The molecule has 1 aromatic heterocycles. The van der Waals surface area contributed by atoms with Gasteiger partial charge in [0.2, 0.25) is 0 Å². The summed E-state index contributed by atoms with van der Waals surface area (Å²) in [4.78, 5) is 16.3. The molecule has 4 nitrogen and oxygen atoms in total. The number of thiazole rings is 1. The van der Waals surface area contributed by atoms with Crippen molar-refractivity contribution in [1.29, 1.82) is 0 Å². The summed E-state index contributed by atoms with van der Waals surface area (Å²) < 4.78 is 10.6. The molecule has 0 radical (unpaired) electrons. The Balaban J connectivity index is 1.98. The Labute approximate surface area is 138 Å². The Morgan fingerprint density at radius 3 is 2.86 bits per heavy atom. The second-order valence-corrected chi connectivity index (χ2v) is 6.44. The minimum absolute atomic E-state index is 0.306. The molecule has 1 saturated heterocycles. The van der Waals surface area contributed by atoms with Crippen molar-refractivity contribution in [1.82, 2.24) is 4.98 Å². The van der Waals surface area contributed by atoms with Gasteiger partial charge in [0, 0.05) is 17.0 Å². The summed E-state index contributed by atoms with van der Waals surface area (Å²) in [5, 5.41) is 3.34. The van der Waals surface area contributed by atoms with Gasteiger partial charge in [0.25, 0.3) is 0 Å². The predicted octanol–water partition coefficient (Wildman–Crippen LogP) is 3.68. The zero-order valence-electron chi connectivity index (χ0n) is 12.2. The molecule has 116 valence electrons. The van der Waals surface area contributed by atoms with Gasteiger partial charge in [-0.05, 0) is 31.0 Å². The monoisotopic (exact) mass is 337 g/mol. The molecule has 1 unspecified atom stereocenters.